The molecule has 17 heavy (non-hydrogen) atoms. The van der Waals surface area contributed by atoms with Crippen LogP contribution in [0.4, 0.5) is 0 Å². The molecule has 3 rings (SSSR count). The van der Waals surface area contributed by atoms with Crippen LogP contribution in [-0.2, 0) is 4.79 Å². The Labute approximate surface area is 104 Å². The molecule has 3 saturated carbocycles. The van der Waals surface area contributed by atoms with Gasteiger partial charge < -0.3 is 11.1 Å². The fraction of sp³-hybridized carbons (Fsp3) is 0.929. The van der Waals surface area contributed by atoms with Crippen molar-refractivity contribution in [3.8, 4) is 0 Å². The Kier molecular flexibility index (Phi) is 2.69. The lowest BCUT2D eigenvalue weighted by Crippen LogP contribution is -2.38. The lowest BCUT2D eigenvalue weighted by atomic mass is 9.83. The van der Waals surface area contributed by atoms with Gasteiger partial charge in [0.25, 0.3) is 0 Å². The smallest absolute Gasteiger partial charge is 0.218 e. The van der Waals surface area contributed by atoms with Gasteiger partial charge in [0.15, 0.2) is 0 Å². The molecule has 3 aliphatic carbocycles. The van der Waals surface area contributed by atoms with E-state index in [0.29, 0.717) is 12.5 Å². The highest BCUT2D eigenvalue weighted by Crippen LogP contribution is 2.56. The second-order valence-electron chi connectivity index (χ2n) is 6.80. The highest BCUT2D eigenvalue weighted by molar-refractivity contribution is 5.75. The zero-order chi connectivity index (χ0) is 11.9. The van der Waals surface area contributed by atoms with Gasteiger partial charge in [-0.1, -0.05) is 0 Å². The van der Waals surface area contributed by atoms with Gasteiger partial charge in [0.05, 0.1) is 0 Å². The first-order chi connectivity index (χ1) is 8.12. The maximum atomic E-state index is 11.0. The Morgan fingerprint density at radius 1 is 1.12 bits per heavy atom. The molecule has 0 aromatic heterocycles. The maximum absolute atomic E-state index is 11.0. The summed E-state index contributed by atoms with van der Waals surface area (Å²) in [5.41, 5.74) is 6.32. The van der Waals surface area contributed by atoms with E-state index < -0.39 is 0 Å². The standard InChI is InChI=1S/C14H24N2O/c15-12(17)9-14(7-8-14)10-16-11-1-3-13(4-2-11)5-6-13/h11,16H,1-10H2,(H2,15,17). The van der Waals surface area contributed by atoms with E-state index >= 15 is 0 Å². The molecule has 1 amide bonds. The molecule has 3 N–H and O–H groups in total. The molecule has 0 aromatic carbocycles. The summed E-state index contributed by atoms with van der Waals surface area (Å²) in [6.45, 7) is 1.01. The first-order valence-electron chi connectivity index (χ1n) is 7.13. The minimum Gasteiger partial charge on any atom is -0.370 e. The Morgan fingerprint density at radius 2 is 1.76 bits per heavy atom. The summed E-state index contributed by atoms with van der Waals surface area (Å²) in [7, 11) is 0. The minimum absolute atomic E-state index is 0.134. The van der Waals surface area contributed by atoms with Gasteiger partial charge in [0, 0.05) is 19.0 Å². The third-order valence-electron chi connectivity index (χ3n) is 5.28. The largest absolute Gasteiger partial charge is 0.370 e. The topological polar surface area (TPSA) is 55.1 Å². The van der Waals surface area contributed by atoms with Gasteiger partial charge in [-0.05, 0) is 62.2 Å². The van der Waals surface area contributed by atoms with Crippen molar-refractivity contribution in [2.24, 2.45) is 16.6 Å². The number of nitrogens with one attached hydrogen (secondary N) is 1. The normalized spacial score (nSPS) is 29.2. The molecular weight excluding hydrogens is 212 g/mol. The van der Waals surface area contributed by atoms with Crippen LogP contribution < -0.4 is 11.1 Å². The number of hydrogen-bond acceptors (Lipinski definition) is 2. The number of nitrogens with two attached hydrogens (primary N) is 1. The number of amides is 1. The van der Waals surface area contributed by atoms with Gasteiger partial charge in [0.2, 0.25) is 5.91 Å². The van der Waals surface area contributed by atoms with Crippen LogP contribution in [0.5, 0.6) is 0 Å². The van der Waals surface area contributed by atoms with E-state index in [0.717, 1.165) is 12.0 Å². The summed E-state index contributed by atoms with van der Waals surface area (Å²) >= 11 is 0. The van der Waals surface area contributed by atoms with Gasteiger partial charge in [-0.25, -0.2) is 0 Å². The third kappa shape index (κ3) is 2.65. The highest BCUT2D eigenvalue weighted by Gasteiger charge is 2.46. The van der Waals surface area contributed by atoms with E-state index in [1.165, 1.54) is 51.4 Å². The Bertz CT molecular complexity index is 308. The van der Waals surface area contributed by atoms with Crippen molar-refractivity contribution in [2.75, 3.05) is 6.54 Å². The SMILES string of the molecule is NC(=O)CC1(CNC2CCC3(CC2)CC3)CC1. The van der Waals surface area contributed by atoms with E-state index in [-0.39, 0.29) is 11.3 Å². The van der Waals surface area contributed by atoms with Crippen molar-refractivity contribution < 1.29 is 4.79 Å². The first-order valence-corrected chi connectivity index (χ1v) is 7.13. The molecule has 3 aliphatic rings. The molecule has 0 saturated heterocycles. The van der Waals surface area contributed by atoms with Crippen LogP contribution in [0.1, 0.15) is 57.8 Å². The van der Waals surface area contributed by atoms with Crippen LogP contribution in [0.3, 0.4) is 0 Å². The van der Waals surface area contributed by atoms with Gasteiger partial charge in [-0.15, -0.1) is 0 Å². The van der Waals surface area contributed by atoms with Crippen LogP contribution in [0.25, 0.3) is 0 Å². The van der Waals surface area contributed by atoms with E-state index in [9.17, 15) is 4.79 Å². The summed E-state index contributed by atoms with van der Waals surface area (Å²) < 4.78 is 0. The number of carbonyl (C=O) groups excluding carboxylic acids is 1. The van der Waals surface area contributed by atoms with Crippen molar-refractivity contribution in [2.45, 2.75) is 63.8 Å². The van der Waals surface area contributed by atoms with Crippen molar-refractivity contribution in [3.05, 3.63) is 0 Å². The van der Waals surface area contributed by atoms with Crippen LogP contribution >= 0.6 is 0 Å². The van der Waals surface area contributed by atoms with Crippen LogP contribution in [0, 0.1) is 10.8 Å². The number of primary amides is 1. The summed E-state index contributed by atoms with van der Waals surface area (Å²) in [6.07, 6.45) is 11.4. The second-order valence-corrected chi connectivity index (χ2v) is 6.80. The van der Waals surface area contributed by atoms with Gasteiger partial charge >= 0.3 is 0 Å². The summed E-state index contributed by atoms with van der Waals surface area (Å²) in [5.74, 6) is -0.134. The minimum atomic E-state index is -0.134. The van der Waals surface area contributed by atoms with Crippen LogP contribution in [0.15, 0.2) is 0 Å². The van der Waals surface area contributed by atoms with Crippen LogP contribution in [-0.4, -0.2) is 18.5 Å². The Hall–Kier alpha value is -0.570. The summed E-state index contributed by atoms with van der Waals surface area (Å²) in [5, 5.41) is 3.69. The summed E-state index contributed by atoms with van der Waals surface area (Å²) in [4.78, 5) is 11.0. The third-order valence-corrected chi connectivity index (χ3v) is 5.28. The second kappa shape index (κ2) is 3.98. The molecule has 0 radical (unpaired) electrons. The lowest BCUT2D eigenvalue weighted by molar-refractivity contribution is -0.119. The molecule has 96 valence electrons. The fourth-order valence-electron chi connectivity index (χ4n) is 3.43. The average molecular weight is 236 g/mol. The molecule has 0 unspecified atom stereocenters. The zero-order valence-corrected chi connectivity index (χ0v) is 10.6. The lowest BCUT2D eigenvalue weighted by Gasteiger charge is -2.30. The Morgan fingerprint density at radius 3 is 2.24 bits per heavy atom. The molecule has 0 atom stereocenters. The first kappa shape index (κ1) is 11.5. The molecule has 3 fully saturated rings. The predicted molar refractivity (Wildman–Crippen MR) is 67.4 cm³/mol. The molecule has 3 nitrogen and oxygen atoms in total. The van der Waals surface area contributed by atoms with E-state index in [4.69, 9.17) is 5.73 Å². The molecule has 0 aliphatic heterocycles. The van der Waals surface area contributed by atoms with Crippen molar-refractivity contribution in [3.63, 3.8) is 0 Å². The zero-order valence-electron chi connectivity index (χ0n) is 10.6. The average Bonchev–Trinajstić information content (AvgIpc) is 3.18. The number of carbonyl (C=O) groups is 1. The summed E-state index contributed by atoms with van der Waals surface area (Å²) in [6, 6.07) is 0.701. The number of rotatable bonds is 5. The van der Waals surface area contributed by atoms with E-state index in [1.54, 1.807) is 0 Å². The Balaban J connectivity index is 1.41. The molecule has 0 heterocycles. The molecule has 0 bridgehead atoms. The monoisotopic (exact) mass is 236 g/mol. The van der Waals surface area contributed by atoms with Gasteiger partial charge in [0.1, 0.15) is 0 Å². The van der Waals surface area contributed by atoms with Crippen LogP contribution in [0.2, 0.25) is 0 Å². The maximum Gasteiger partial charge on any atom is 0.218 e. The van der Waals surface area contributed by atoms with E-state index in [1.807, 2.05) is 0 Å². The van der Waals surface area contributed by atoms with Crippen molar-refractivity contribution in [1.82, 2.24) is 5.32 Å². The van der Waals surface area contributed by atoms with Crippen molar-refractivity contribution in [1.29, 1.82) is 0 Å². The molecular formula is C14H24N2O. The molecule has 3 heteroatoms. The molecule has 0 aromatic rings. The quantitative estimate of drug-likeness (QED) is 0.766. The molecule has 1 spiro atoms. The number of hydrogen-bond donors (Lipinski definition) is 2. The van der Waals surface area contributed by atoms with Gasteiger partial charge in [-0.3, -0.25) is 4.79 Å². The highest BCUT2D eigenvalue weighted by atomic mass is 16.1. The van der Waals surface area contributed by atoms with Crippen molar-refractivity contribution >= 4 is 5.91 Å². The van der Waals surface area contributed by atoms with Gasteiger partial charge in [-0.2, -0.15) is 0 Å². The fourth-order valence-corrected chi connectivity index (χ4v) is 3.43. The predicted octanol–water partition coefficient (Wildman–Crippen LogP) is 1.95. The van der Waals surface area contributed by atoms with E-state index in [2.05, 4.69) is 5.32 Å².